The monoisotopic (exact) mass is 426 g/mol. The van der Waals surface area contributed by atoms with E-state index in [9.17, 15) is 19.7 Å². The van der Waals surface area contributed by atoms with Gasteiger partial charge in [-0.2, -0.15) is 5.10 Å². The Balaban J connectivity index is 1.62. The normalized spacial score (nSPS) is 10.7. The number of anilines is 1. The number of amides is 2. The van der Waals surface area contributed by atoms with Gasteiger partial charge in [-0.05, 0) is 43.3 Å². The van der Waals surface area contributed by atoms with Crippen molar-refractivity contribution in [1.29, 1.82) is 0 Å². The van der Waals surface area contributed by atoms with Gasteiger partial charge in [-0.3, -0.25) is 19.7 Å². The third kappa shape index (κ3) is 4.89. The maximum atomic E-state index is 11.8. The second-order valence-electron chi connectivity index (χ2n) is 6.07. The Morgan fingerprint density at radius 3 is 2.53 bits per heavy atom. The smallest absolute Gasteiger partial charge is 0.329 e. The van der Waals surface area contributed by atoms with Gasteiger partial charge in [0.15, 0.2) is 0 Å². The van der Waals surface area contributed by atoms with Gasteiger partial charge in [-0.1, -0.05) is 23.7 Å². The summed E-state index contributed by atoms with van der Waals surface area (Å²) < 4.78 is 5.60. The molecule has 1 aromatic heterocycles. The van der Waals surface area contributed by atoms with Crippen LogP contribution < -0.4 is 10.7 Å². The van der Waals surface area contributed by atoms with Crippen molar-refractivity contribution in [1.82, 2.24) is 5.43 Å². The van der Waals surface area contributed by atoms with Crippen LogP contribution in [0.3, 0.4) is 0 Å². The van der Waals surface area contributed by atoms with Gasteiger partial charge in [0.05, 0.1) is 11.1 Å². The molecule has 0 saturated heterocycles. The maximum Gasteiger partial charge on any atom is 0.329 e. The molecule has 3 aromatic rings. The molecule has 0 aliphatic heterocycles. The SMILES string of the molecule is Cc1c(-c2ccc(/C=N/NC(=O)C(=O)Nc3ccc(Cl)cc3)o2)cccc1[N+](=O)[O-]. The molecule has 0 saturated carbocycles. The van der Waals surface area contributed by atoms with Gasteiger partial charge in [0.1, 0.15) is 11.5 Å². The fraction of sp³-hybridized carbons (Fsp3) is 0.0500. The molecule has 9 nitrogen and oxygen atoms in total. The first-order chi connectivity index (χ1) is 14.3. The van der Waals surface area contributed by atoms with Crippen molar-refractivity contribution in [3.63, 3.8) is 0 Å². The lowest BCUT2D eigenvalue weighted by molar-refractivity contribution is -0.385. The standard InChI is InChI=1S/C20H15ClN4O5/c1-12-16(3-2-4-17(12)25(28)29)18-10-9-15(30-18)11-22-24-20(27)19(26)23-14-7-5-13(21)6-8-14/h2-11H,1H3,(H,23,26)(H,24,27)/b22-11+. The number of nitrogens with zero attached hydrogens (tertiary/aromatic N) is 2. The fourth-order valence-electron chi connectivity index (χ4n) is 2.58. The number of carbonyl (C=O) groups is 2. The summed E-state index contributed by atoms with van der Waals surface area (Å²) in [5.41, 5.74) is 3.51. The number of hydrogen-bond acceptors (Lipinski definition) is 6. The van der Waals surface area contributed by atoms with E-state index in [0.29, 0.717) is 27.6 Å². The van der Waals surface area contributed by atoms with Crippen LogP contribution in [0.2, 0.25) is 5.02 Å². The lowest BCUT2D eigenvalue weighted by atomic mass is 10.1. The highest BCUT2D eigenvalue weighted by Crippen LogP contribution is 2.30. The summed E-state index contributed by atoms with van der Waals surface area (Å²) in [6.07, 6.45) is 1.21. The molecule has 0 radical (unpaired) electrons. The molecule has 30 heavy (non-hydrogen) atoms. The van der Waals surface area contributed by atoms with E-state index in [1.54, 1.807) is 55.5 Å². The third-order valence-electron chi connectivity index (χ3n) is 4.06. The number of carbonyl (C=O) groups excluding carboxylic acids is 2. The molecule has 1 heterocycles. The Labute approximate surface area is 175 Å². The van der Waals surface area contributed by atoms with Crippen LogP contribution in [0.1, 0.15) is 11.3 Å². The molecule has 2 N–H and O–H groups in total. The first-order valence-corrected chi connectivity index (χ1v) is 8.97. The number of nitro groups is 1. The zero-order valence-corrected chi connectivity index (χ0v) is 16.3. The van der Waals surface area contributed by atoms with Crippen LogP contribution in [-0.4, -0.2) is 23.0 Å². The summed E-state index contributed by atoms with van der Waals surface area (Å²) in [7, 11) is 0. The first kappa shape index (κ1) is 20.7. The summed E-state index contributed by atoms with van der Waals surface area (Å²) in [5.74, 6) is -1.18. The second-order valence-corrected chi connectivity index (χ2v) is 6.51. The van der Waals surface area contributed by atoms with Gasteiger partial charge in [-0.25, -0.2) is 5.43 Å². The van der Waals surface area contributed by atoms with Crippen molar-refractivity contribution in [3.05, 3.63) is 81.1 Å². The molecular formula is C20H15ClN4O5. The number of nitro benzene ring substituents is 1. The van der Waals surface area contributed by atoms with Crippen LogP contribution in [0.15, 0.2) is 64.1 Å². The van der Waals surface area contributed by atoms with E-state index in [2.05, 4.69) is 15.8 Å². The van der Waals surface area contributed by atoms with Gasteiger partial charge in [0, 0.05) is 27.9 Å². The summed E-state index contributed by atoms with van der Waals surface area (Å²) in [5, 5.41) is 17.7. The number of hydrazone groups is 1. The number of benzene rings is 2. The molecule has 0 aliphatic rings. The minimum atomic E-state index is -0.970. The predicted octanol–water partition coefficient (Wildman–Crippen LogP) is 3.91. The van der Waals surface area contributed by atoms with Crippen molar-refractivity contribution in [2.75, 3.05) is 5.32 Å². The molecule has 10 heteroatoms. The molecule has 0 fully saturated rings. The van der Waals surface area contributed by atoms with Crippen molar-refractivity contribution >= 4 is 41.0 Å². The highest BCUT2D eigenvalue weighted by molar-refractivity contribution is 6.39. The lowest BCUT2D eigenvalue weighted by Gasteiger charge is -2.03. The molecule has 0 atom stereocenters. The predicted molar refractivity (Wildman–Crippen MR) is 111 cm³/mol. The molecule has 0 bridgehead atoms. The Bertz CT molecular complexity index is 1140. The lowest BCUT2D eigenvalue weighted by Crippen LogP contribution is -2.32. The van der Waals surface area contributed by atoms with Crippen molar-refractivity contribution in [3.8, 4) is 11.3 Å². The van der Waals surface area contributed by atoms with Crippen LogP contribution in [0.4, 0.5) is 11.4 Å². The molecule has 3 rings (SSSR count). The van der Waals surface area contributed by atoms with Crippen LogP contribution in [-0.2, 0) is 9.59 Å². The quantitative estimate of drug-likeness (QED) is 0.277. The Hall–Kier alpha value is -3.98. The number of hydrogen-bond donors (Lipinski definition) is 2. The zero-order valence-electron chi connectivity index (χ0n) is 15.6. The molecule has 152 valence electrons. The largest absolute Gasteiger partial charge is 0.455 e. The van der Waals surface area contributed by atoms with E-state index >= 15 is 0 Å². The summed E-state index contributed by atoms with van der Waals surface area (Å²) >= 11 is 5.76. The number of furan rings is 1. The van der Waals surface area contributed by atoms with Gasteiger partial charge < -0.3 is 9.73 Å². The Kier molecular flexibility index (Phi) is 6.23. The molecule has 2 aromatic carbocycles. The molecular weight excluding hydrogens is 412 g/mol. The van der Waals surface area contributed by atoms with E-state index < -0.39 is 16.7 Å². The van der Waals surface area contributed by atoms with E-state index in [-0.39, 0.29) is 11.4 Å². The van der Waals surface area contributed by atoms with Gasteiger partial charge >= 0.3 is 11.8 Å². The van der Waals surface area contributed by atoms with Crippen LogP contribution in [0.5, 0.6) is 0 Å². The Morgan fingerprint density at radius 1 is 1.10 bits per heavy atom. The van der Waals surface area contributed by atoms with Crippen molar-refractivity contribution in [2.45, 2.75) is 6.92 Å². The van der Waals surface area contributed by atoms with Crippen LogP contribution in [0, 0.1) is 17.0 Å². The third-order valence-corrected chi connectivity index (χ3v) is 4.31. The van der Waals surface area contributed by atoms with Crippen LogP contribution >= 0.6 is 11.6 Å². The first-order valence-electron chi connectivity index (χ1n) is 8.59. The summed E-state index contributed by atoms with van der Waals surface area (Å²) in [6.45, 7) is 1.63. The number of rotatable bonds is 5. The fourth-order valence-corrected chi connectivity index (χ4v) is 2.71. The summed E-state index contributed by atoms with van der Waals surface area (Å²) in [4.78, 5) is 34.3. The number of nitrogens with one attached hydrogen (secondary N) is 2. The van der Waals surface area contributed by atoms with E-state index in [1.165, 1.54) is 12.3 Å². The minimum Gasteiger partial charge on any atom is -0.455 e. The van der Waals surface area contributed by atoms with Crippen LogP contribution in [0.25, 0.3) is 11.3 Å². The van der Waals surface area contributed by atoms with E-state index in [0.717, 1.165) is 0 Å². The highest BCUT2D eigenvalue weighted by Gasteiger charge is 2.16. The van der Waals surface area contributed by atoms with Gasteiger partial charge in [0.25, 0.3) is 5.69 Å². The molecule has 0 unspecified atom stereocenters. The van der Waals surface area contributed by atoms with E-state index in [1.807, 2.05) is 0 Å². The molecule has 2 amide bonds. The second kappa shape index (κ2) is 9.01. The molecule has 0 aliphatic carbocycles. The maximum absolute atomic E-state index is 11.8. The Morgan fingerprint density at radius 2 is 1.83 bits per heavy atom. The van der Waals surface area contributed by atoms with Gasteiger partial charge in [-0.15, -0.1) is 0 Å². The van der Waals surface area contributed by atoms with Gasteiger partial charge in [0.2, 0.25) is 0 Å². The van der Waals surface area contributed by atoms with Crippen molar-refractivity contribution in [2.24, 2.45) is 5.10 Å². The minimum absolute atomic E-state index is 0.0157. The highest BCUT2D eigenvalue weighted by atomic mass is 35.5. The average molecular weight is 427 g/mol. The van der Waals surface area contributed by atoms with E-state index in [4.69, 9.17) is 16.0 Å². The molecule has 0 spiro atoms. The number of halogens is 1. The zero-order chi connectivity index (χ0) is 21.7. The summed E-state index contributed by atoms with van der Waals surface area (Å²) in [6, 6.07) is 14.1. The average Bonchev–Trinajstić information content (AvgIpc) is 3.18. The topological polar surface area (TPSA) is 127 Å². The van der Waals surface area contributed by atoms with Crippen molar-refractivity contribution < 1.29 is 18.9 Å².